The summed E-state index contributed by atoms with van der Waals surface area (Å²) in [5.41, 5.74) is 3.90. The first-order chi connectivity index (χ1) is 9.11. The topological polar surface area (TPSA) is 26.3 Å². The van der Waals surface area contributed by atoms with Gasteiger partial charge in [0.25, 0.3) is 0 Å². The molecule has 0 N–H and O–H groups in total. The monoisotopic (exact) mass is 382 g/mol. The number of hydrogen-bond donors (Lipinski definition) is 0. The van der Waals surface area contributed by atoms with Crippen LogP contribution in [0.2, 0.25) is 0 Å². The highest BCUT2D eigenvalue weighted by atomic mass is 79.9. The number of carbonyl (C=O) groups is 1. The van der Waals surface area contributed by atoms with Gasteiger partial charge in [-0.15, -0.1) is 0 Å². The average Bonchev–Trinajstić information content (AvgIpc) is 2.46. The van der Waals surface area contributed by atoms with Gasteiger partial charge in [-0.2, -0.15) is 0 Å². The fraction of sp³-hybridized carbons (Fsp3) is 0.133. The Morgan fingerprint density at radius 3 is 1.84 bits per heavy atom. The number of methoxy groups -OCH3 is 1. The molecule has 0 spiro atoms. The average molecular weight is 384 g/mol. The summed E-state index contributed by atoms with van der Waals surface area (Å²) in [5.74, 6) is -0.316. The Morgan fingerprint density at radius 2 is 1.42 bits per heavy atom. The second kappa shape index (κ2) is 6.35. The van der Waals surface area contributed by atoms with Crippen LogP contribution in [0.3, 0.4) is 0 Å². The molecule has 0 fully saturated rings. The SMILES string of the molecule is COC(=O)c1ccc(-c2ccc(C(Br)Br)cc2)cc1. The highest BCUT2D eigenvalue weighted by molar-refractivity contribution is 9.24. The molecule has 0 bridgehead atoms. The first kappa shape index (κ1) is 14.3. The van der Waals surface area contributed by atoms with Crippen LogP contribution in [0.25, 0.3) is 11.1 Å². The van der Waals surface area contributed by atoms with Crippen molar-refractivity contribution in [3.63, 3.8) is 0 Å². The van der Waals surface area contributed by atoms with Crippen molar-refractivity contribution in [2.45, 2.75) is 3.74 Å². The molecule has 0 aromatic heterocycles. The van der Waals surface area contributed by atoms with E-state index in [1.54, 1.807) is 12.1 Å². The molecular formula is C15H12Br2O2. The van der Waals surface area contributed by atoms with E-state index in [2.05, 4.69) is 60.9 Å². The Bertz CT molecular complexity index is 560. The van der Waals surface area contributed by atoms with Crippen LogP contribution in [-0.2, 0) is 4.74 Å². The van der Waals surface area contributed by atoms with Crippen molar-refractivity contribution in [3.8, 4) is 11.1 Å². The second-order valence-corrected chi connectivity index (χ2v) is 7.05. The fourth-order valence-corrected chi connectivity index (χ4v) is 2.35. The lowest BCUT2D eigenvalue weighted by Gasteiger charge is -2.06. The number of benzene rings is 2. The van der Waals surface area contributed by atoms with Crippen molar-refractivity contribution in [1.29, 1.82) is 0 Å². The minimum atomic E-state index is -0.316. The van der Waals surface area contributed by atoms with Crippen LogP contribution < -0.4 is 0 Å². The molecule has 0 heterocycles. The smallest absolute Gasteiger partial charge is 0.337 e. The zero-order chi connectivity index (χ0) is 13.8. The molecule has 0 saturated carbocycles. The lowest BCUT2D eigenvalue weighted by atomic mass is 10.0. The summed E-state index contributed by atoms with van der Waals surface area (Å²) in [5, 5.41) is 0. The lowest BCUT2D eigenvalue weighted by molar-refractivity contribution is 0.0601. The highest BCUT2D eigenvalue weighted by Gasteiger charge is 2.06. The van der Waals surface area contributed by atoms with E-state index in [0.29, 0.717) is 5.56 Å². The van der Waals surface area contributed by atoms with Gasteiger partial charge in [0.1, 0.15) is 0 Å². The van der Waals surface area contributed by atoms with E-state index in [9.17, 15) is 4.79 Å². The van der Waals surface area contributed by atoms with Gasteiger partial charge in [-0.05, 0) is 28.8 Å². The quantitative estimate of drug-likeness (QED) is 0.554. The lowest BCUT2D eigenvalue weighted by Crippen LogP contribution is -2.00. The van der Waals surface area contributed by atoms with Gasteiger partial charge in [0, 0.05) is 0 Å². The third kappa shape index (κ3) is 3.45. The first-order valence-corrected chi connectivity index (χ1v) is 7.52. The maximum Gasteiger partial charge on any atom is 0.337 e. The second-order valence-electron chi connectivity index (χ2n) is 3.99. The molecule has 2 aromatic rings. The third-order valence-electron chi connectivity index (χ3n) is 2.80. The van der Waals surface area contributed by atoms with E-state index in [1.165, 1.54) is 7.11 Å². The number of carbonyl (C=O) groups excluding carboxylic acids is 1. The third-order valence-corrected chi connectivity index (χ3v) is 3.86. The number of alkyl halides is 2. The van der Waals surface area contributed by atoms with Crippen LogP contribution in [0, 0.1) is 0 Å². The molecule has 0 aliphatic rings. The van der Waals surface area contributed by atoms with Gasteiger partial charge in [-0.3, -0.25) is 0 Å². The number of halogens is 2. The minimum Gasteiger partial charge on any atom is -0.465 e. The summed E-state index contributed by atoms with van der Waals surface area (Å²) in [7, 11) is 1.38. The predicted molar refractivity (Wildman–Crippen MR) is 83.8 cm³/mol. The van der Waals surface area contributed by atoms with Crippen molar-refractivity contribution in [2.24, 2.45) is 0 Å². The maximum atomic E-state index is 11.3. The van der Waals surface area contributed by atoms with Gasteiger partial charge < -0.3 is 4.74 Å². The molecule has 2 aromatic carbocycles. The predicted octanol–water partition coefficient (Wildman–Crippen LogP) is 4.93. The van der Waals surface area contributed by atoms with Gasteiger partial charge in [0.05, 0.1) is 16.4 Å². The Kier molecular flexibility index (Phi) is 4.77. The van der Waals surface area contributed by atoms with E-state index >= 15 is 0 Å². The van der Waals surface area contributed by atoms with Crippen LogP contribution in [0.15, 0.2) is 48.5 Å². The maximum absolute atomic E-state index is 11.3. The molecule has 98 valence electrons. The summed E-state index contributed by atoms with van der Waals surface area (Å²) in [6, 6.07) is 15.6. The molecule has 19 heavy (non-hydrogen) atoms. The van der Waals surface area contributed by atoms with Gasteiger partial charge >= 0.3 is 5.97 Å². The Labute approximate surface area is 129 Å². The molecule has 0 unspecified atom stereocenters. The largest absolute Gasteiger partial charge is 0.465 e. The van der Waals surface area contributed by atoms with Crippen LogP contribution >= 0.6 is 31.9 Å². The molecular weight excluding hydrogens is 372 g/mol. The van der Waals surface area contributed by atoms with Gasteiger partial charge in [-0.1, -0.05) is 68.3 Å². The molecule has 0 saturated heterocycles. The Morgan fingerprint density at radius 1 is 0.947 bits per heavy atom. The van der Waals surface area contributed by atoms with Crippen LogP contribution in [0.5, 0.6) is 0 Å². The molecule has 2 rings (SSSR count). The standard InChI is InChI=1S/C15H12Br2O2/c1-19-15(18)13-8-4-11(5-9-13)10-2-6-12(7-3-10)14(16)17/h2-9,14H,1H3. The summed E-state index contributed by atoms with van der Waals surface area (Å²) < 4.78 is 4.84. The number of hydrogen-bond acceptors (Lipinski definition) is 2. The van der Waals surface area contributed by atoms with Crippen LogP contribution in [0.4, 0.5) is 0 Å². The summed E-state index contributed by atoms with van der Waals surface area (Å²) >= 11 is 6.92. The van der Waals surface area contributed by atoms with Crippen LogP contribution in [0.1, 0.15) is 19.7 Å². The van der Waals surface area contributed by atoms with E-state index in [-0.39, 0.29) is 9.71 Å². The van der Waals surface area contributed by atoms with E-state index in [4.69, 9.17) is 0 Å². The molecule has 2 nitrogen and oxygen atoms in total. The van der Waals surface area contributed by atoms with Crippen LogP contribution in [-0.4, -0.2) is 13.1 Å². The summed E-state index contributed by atoms with van der Waals surface area (Å²) in [6.45, 7) is 0. The first-order valence-electron chi connectivity index (χ1n) is 5.68. The zero-order valence-corrected chi connectivity index (χ0v) is 13.4. The Balaban J connectivity index is 2.24. The zero-order valence-electron chi connectivity index (χ0n) is 10.3. The van der Waals surface area contributed by atoms with Crippen molar-refractivity contribution in [2.75, 3.05) is 7.11 Å². The number of ether oxygens (including phenoxy) is 1. The van der Waals surface area contributed by atoms with E-state index in [1.807, 2.05) is 12.1 Å². The van der Waals surface area contributed by atoms with Crippen molar-refractivity contribution in [3.05, 3.63) is 59.7 Å². The van der Waals surface area contributed by atoms with Gasteiger partial charge in [0.15, 0.2) is 0 Å². The molecule has 0 aliphatic carbocycles. The number of esters is 1. The normalized spacial score (nSPS) is 10.5. The molecule has 0 radical (unpaired) electrons. The molecule has 0 atom stereocenters. The van der Waals surface area contributed by atoms with Crippen molar-refractivity contribution in [1.82, 2.24) is 0 Å². The highest BCUT2D eigenvalue weighted by Crippen LogP contribution is 2.30. The van der Waals surface area contributed by atoms with E-state index < -0.39 is 0 Å². The van der Waals surface area contributed by atoms with Gasteiger partial charge in [-0.25, -0.2) is 4.79 Å². The summed E-state index contributed by atoms with van der Waals surface area (Å²) in [6.07, 6.45) is 0. The molecule has 0 amide bonds. The fourth-order valence-electron chi connectivity index (χ4n) is 1.74. The minimum absolute atomic E-state index is 0.163. The summed E-state index contributed by atoms with van der Waals surface area (Å²) in [4.78, 5) is 11.3. The van der Waals surface area contributed by atoms with E-state index in [0.717, 1.165) is 16.7 Å². The van der Waals surface area contributed by atoms with Gasteiger partial charge in [0.2, 0.25) is 0 Å². The Hall–Kier alpha value is -1.13. The van der Waals surface area contributed by atoms with Crippen molar-refractivity contribution >= 4 is 37.8 Å². The molecule has 4 heteroatoms. The molecule has 0 aliphatic heterocycles. The number of rotatable bonds is 3. The van der Waals surface area contributed by atoms with Crippen molar-refractivity contribution < 1.29 is 9.53 Å².